The van der Waals surface area contributed by atoms with Crippen molar-refractivity contribution < 1.29 is 0 Å². The molecule has 2 aliphatic carbocycles. The molecule has 0 aliphatic heterocycles. The summed E-state index contributed by atoms with van der Waals surface area (Å²) in [6.07, 6.45) is 5.60. The van der Waals surface area contributed by atoms with Gasteiger partial charge >= 0.3 is 0 Å². The molecule has 4 N–H and O–H groups in total. The zero-order valence-corrected chi connectivity index (χ0v) is 9.74. The molecule has 7 heteroatoms. The second-order valence-corrected chi connectivity index (χ2v) is 4.96. The summed E-state index contributed by atoms with van der Waals surface area (Å²) in [6.45, 7) is 0. The number of rotatable bonds is 1. The molecule has 0 radical (unpaired) electrons. The van der Waals surface area contributed by atoms with Gasteiger partial charge in [-0.25, -0.2) is 9.97 Å². The van der Waals surface area contributed by atoms with Crippen molar-refractivity contribution in [1.29, 1.82) is 0 Å². The quantitative estimate of drug-likeness (QED) is 0.758. The number of nitrogens with zero attached hydrogens (tertiary/aromatic N) is 5. The van der Waals surface area contributed by atoms with Crippen LogP contribution in [0.2, 0.25) is 0 Å². The fourth-order valence-corrected chi connectivity index (χ4v) is 3.14. The topological polar surface area (TPSA) is 109 Å². The number of fused-ring (bicyclic) bond motifs is 5. The van der Waals surface area contributed by atoms with Gasteiger partial charge in [-0.05, 0) is 30.7 Å². The van der Waals surface area contributed by atoms with Gasteiger partial charge in [-0.3, -0.25) is 0 Å². The smallest absolute Gasteiger partial charge is 0.254 e. The average Bonchev–Trinajstić information content (AvgIpc) is 3.03. The van der Waals surface area contributed by atoms with Crippen molar-refractivity contribution in [2.45, 2.75) is 31.1 Å². The molecule has 18 heavy (non-hydrogen) atoms. The largest absolute Gasteiger partial charge is 0.368 e. The Bertz CT molecular complexity index is 632. The molecule has 0 aromatic carbocycles. The van der Waals surface area contributed by atoms with Gasteiger partial charge in [0.2, 0.25) is 11.9 Å². The normalized spacial score (nSPS) is 24.4. The van der Waals surface area contributed by atoms with E-state index in [1.54, 1.807) is 0 Å². The summed E-state index contributed by atoms with van der Waals surface area (Å²) in [6, 6.07) is 0. The van der Waals surface area contributed by atoms with Gasteiger partial charge in [0.25, 0.3) is 5.95 Å². The van der Waals surface area contributed by atoms with Crippen LogP contribution in [0.25, 0.3) is 5.95 Å². The van der Waals surface area contributed by atoms with Crippen molar-refractivity contribution in [2.24, 2.45) is 0 Å². The number of nitrogens with two attached hydrogens (primary N) is 2. The Balaban J connectivity index is 1.84. The molecule has 1 saturated carbocycles. The molecular weight excluding hydrogens is 230 g/mol. The standard InChI is InChI=1S/C11H13N7/c12-9-16-10(13)18(17-9)11-14-4-7-5-1-2-6(3-5)8(7)15-11/h4-6H,1-3H2,(H4,12,13,16,17). The summed E-state index contributed by atoms with van der Waals surface area (Å²) in [5, 5.41) is 4.00. The summed E-state index contributed by atoms with van der Waals surface area (Å²) in [4.78, 5) is 12.8. The van der Waals surface area contributed by atoms with Crippen LogP contribution in [0.15, 0.2) is 6.20 Å². The van der Waals surface area contributed by atoms with Crippen molar-refractivity contribution in [2.75, 3.05) is 11.5 Å². The van der Waals surface area contributed by atoms with Crippen LogP contribution in [-0.4, -0.2) is 24.7 Å². The van der Waals surface area contributed by atoms with Crippen molar-refractivity contribution in [3.8, 4) is 5.95 Å². The monoisotopic (exact) mass is 243 g/mol. The van der Waals surface area contributed by atoms with E-state index in [2.05, 4.69) is 20.1 Å². The molecule has 92 valence electrons. The highest BCUT2D eigenvalue weighted by Crippen LogP contribution is 2.51. The Morgan fingerprint density at radius 2 is 2.00 bits per heavy atom. The van der Waals surface area contributed by atoms with Gasteiger partial charge in [-0.15, -0.1) is 5.10 Å². The molecule has 1 fully saturated rings. The molecule has 2 aromatic rings. The SMILES string of the molecule is Nc1nc(N)n(-c2ncc3c(n2)C2CCC3C2)n1. The first-order valence-electron chi connectivity index (χ1n) is 6.07. The Morgan fingerprint density at radius 1 is 1.17 bits per heavy atom. The lowest BCUT2D eigenvalue weighted by Gasteiger charge is -2.13. The molecule has 2 unspecified atom stereocenters. The fourth-order valence-electron chi connectivity index (χ4n) is 3.14. The van der Waals surface area contributed by atoms with Crippen molar-refractivity contribution in [3.63, 3.8) is 0 Å². The highest BCUT2D eigenvalue weighted by atomic mass is 15.4. The average molecular weight is 243 g/mol. The second-order valence-electron chi connectivity index (χ2n) is 4.96. The van der Waals surface area contributed by atoms with E-state index in [1.807, 2.05) is 6.20 Å². The predicted octanol–water partition coefficient (Wildman–Crippen LogP) is 0.586. The van der Waals surface area contributed by atoms with Gasteiger partial charge in [-0.2, -0.15) is 9.67 Å². The lowest BCUT2D eigenvalue weighted by atomic mass is 9.98. The van der Waals surface area contributed by atoms with Crippen LogP contribution < -0.4 is 11.5 Å². The van der Waals surface area contributed by atoms with E-state index in [0.29, 0.717) is 17.8 Å². The minimum absolute atomic E-state index is 0.137. The van der Waals surface area contributed by atoms with Crippen LogP contribution in [0.4, 0.5) is 11.9 Å². The van der Waals surface area contributed by atoms with Crippen LogP contribution in [-0.2, 0) is 0 Å². The molecule has 0 spiro atoms. The van der Waals surface area contributed by atoms with E-state index < -0.39 is 0 Å². The highest BCUT2D eigenvalue weighted by molar-refractivity contribution is 5.39. The van der Waals surface area contributed by atoms with Gasteiger partial charge in [0.05, 0.1) is 5.69 Å². The number of aromatic nitrogens is 5. The van der Waals surface area contributed by atoms with Crippen LogP contribution in [0.1, 0.15) is 42.4 Å². The number of nitrogen functional groups attached to an aromatic ring is 2. The minimum atomic E-state index is 0.137. The van der Waals surface area contributed by atoms with E-state index in [1.165, 1.54) is 29.5 Å². The maximum Gasteiger partial charge on any atom is 0.254 e. The zero-order valence-electron chi connectivity index (χ0n) is 9.74. The maximum absolute atomic E-state index is 5.72. The molecule has 2 bridgehead atoms. The Morgan fingerprint density at radius 3 is 2.78 bits per heavy atom. The molecule has 4 rings (SSSR count). The summed E-state index contributed by atoms with van der Waals surface area (Å²) in [5.41, 5.74) is 13.7. The van der Waals surface area contributed by atoms with Gasteiger partial charge in [0.15, 0.2) is 0 Å². The molecule has 0 saturated heterocycles. The molecule has 2 atom stereocenters. The molecule has 7 nitrogen and oxygen atoms in total. The van der Waals surface area contributed by atoms with E-state index in [9.17, 15) is 0 Å². The zero-order chi connectivity index (χ0) is 12.3. The first-order valence-corrected chi connectivity index (χ1v) is 6.07. The molecule has 2 aromatic heterocycles. The van der Waals surface area contributed by atoms with Gasteiger partial charge in [-0.1, -0.05) is 0 Å². The van der Waals surface area contributed by atoms with E-state index in [0.717, 1.165) is 5.69 Å². The first-order chi connectivity index (χ1) is 8.72. The highest BCUT2D eigenvalue weighted by Gasteiger charge is 2.38. The fraction of sp³-hybridized carbons (Fsp3) is 0.455. The van der Waals surface area contributed by atoms with E-state index in [-0.39, 0.29) is 11.9 Å². The van der Waals surface area contributed by atoms with Crippen LogP contribution in [0.5, 0.6) is 0 Å². The van der Waals surface area contributed by atoms with E-state index in [4.69, 9.17) is 11.5 Å². The lowest BCUT2D eigenvalue weighted by molar-refractivity contribution is 0.679. The van der Waals surface area contributed by atoms with Crippen molar-refractivity contribution in [1.82, 2.24) is 24.7 Å². The van der Waals surface area contributed by atoms with Crippen LogP contribution in [0, 0.1) is 0 Å². The maximum atomic E-state index is 5.72. The van der Waals surface area contributed by atoms with Gasteiger partial charge in [0.1, 0.15) is 0 Å². The van der Waals surface area contributed by atoms with Crippen molar-refractivity contribution in [3.05, 3.63) is 17.5 Å². The molecule has 0 amide bonds. The Kier molecular flexibility index (Phi) is 1.73. The minimum Gasteiger partial charge on any atom is -0.368 e. The predicted molar refractivity (Wildman–Crippen MR) is 65.1 cm³/mol. The summed E-state index contributed by atoms with van der Waals surface area (Å²) in [5.74, 6) is 2.04. The third kappa shape index (κ3) is 1.18. The number of anilines is 2. The van der Waals surface area contributed by atoms with Gasteiger partial charge < -0.3 is 11.5 Å². The number of hydrogen-bond acceptors (Lipinski definition) is 6. The third-order valence-electron chi connectivity index (χ3n) is 3.93. The summed E-state index contributed by atoms with van der Waals surface area (Å²) < 4.78 is 1.39. The van der Waals surface area contributed by atoms with Crippen LogP contribution in [0.3, 0.4) is 0 Å². The first kappa shape index (κ1) is 9.81. The van der Waals surface area contributed by atoms with Crippen LogP contribution >= 0.6 is 0 Å². The lowest BCUT2D eigenvalue weighted by Crippen LogP contribution is -2.11. The van der Waals surface area contributed by atoms with E-state index >= 15 is 0 Å². The Hall–Kier alpha value is -2.18. The summed E-state index contributed by atoms with van der Waals surface area (Å²) >= 11 is 0. The second kappa shape index (κ2) is 3.18. The summed E-state index contributed by atoms with van der Waals surface area (Å²) in [7, 11) is 0. The molecule has 2 heterocycles. The van der Waals surface area contributed by atoms with Crippen molar-refractivity contribution >= 4 is 11.9 Å². The molecule has 2 aliphatic rings. The number of hydrogen-bond donors (Lipinski definition) is 2. The molecular formula is C11H13N7. The van der Waals surface area contributed by atoms with Gasteiger partial charge in [0, 0.05) is 12.1 Å². The Labute approximate surface area is 103 Å². The third-order valence-corrected chi connectivity index (χ3v) is 3.93.